The molecule has 2 aliphatic rings. The molecular weight excluding hydrogens is 242 g/mol. The standard InChI is InChI=1S/C15H25NO3/c1-3-4-11(5-6-17)9-16-14(18)12-7-10(2)8-13(12)15(16)19/h10-13,17H,3-9H2,1-2H3. The van der Waals surface area contributed by atoms with Crippen LogP contribution in [0.15, 0.2) is 0 Å². The van der Waals surface area contributed by atoms with Gasteiger partial charge >= 0.3 is 0 Å². The van der Waals surface area contributed by atoms with E-state index in [1.165, 1.54) is 4.90 Å². The van der Waals surface area contributed by atoms with E-state index in [2.05, 4.69) is 13.8 Å². The highest BCUT2D eigenvalue weighted by molar-refractivity contribution is 6.05. The summed E-state index contributed by atoms with van der Waals surface area (Å²) in [4.78, 5) is 26.1. The van der Waals surface area contributed by atoms with E-state index >= 15 is 0 Å². The van der Waals surface area contributed by atoms with Crippen molar-refractivity contribution >= 4 is 11.8 Å². The first-order chi connectivity index (χ1) is 9.08. The van der Waals surface area contributed by atoms with Crippen molar-refractivity contribution in [3.63, 3.8) is 0 Å². The molecule has 108 valence electrons. The van der Waals surface area contributed by atoms with E-state index < -0.39 is 0 Å². The molecular formula is C15H25NO3. The zero-order valence-corrected chi connectivity index (χ0v) is 12.0. The van der Waals surface area contributed by atoms with Gasteiger partial charge in [0.15, 0.2) is 0 Å². The van der Waals surface area contributed by atoms with E-state index in [9.17, 15) is 9.59 Å². The lowest BCUT2D eigenvalue weighted by Crippen LogP contribution is -2.36. The molecule has 2 fully saturated rings. The fraction of sp³-hybridized carbons (Fsp3) is 0.867. The summed E-state index contributed by atoms with van der Waals surface area (Å²) in [6.07, 6.45) is 4.39. The Bertz CT molecular complexity index is 325. The molecule has 3 unspecified atom stereocenters. The van der Waals surface area contributed by atoms with Crippen LogP contribution < -0.4 is 0 Å². The lowest BCUT2D eigenvalue weighted by molar-refractivity contribution is -0.141. The molecule has 0 radical (unpaired) electrons. The predicted molar refractivity (Wildman–Crippen MR) is 72.2 cm³/mol. The van der Waals surface area contributed by atoms with Gasteiger partial charge in [0, 0.05) is 13.2 Å². The molecule has 1 N–H and O–H groups in total. The lowest BCUT2D eigenvalue weighted by Gasteiger charge is -2.23. The molecule has 0 spiro atoms. The van der Waals surface area contributed by atoms with E-state index in [0.717, 1.165) is 25.7 Å². The Balaban J connectivity index is 2.01. The highest BCUT2D eigenvalue weighted by Crippen LogP contribution is 2.43. The second-order valence-electron chi connectivity index (χ2n) is 6.24. The van der Waals surface area contributed by atoms with Crippen molar-refractivity contribution in [2.75, 3.05) is 13.2 Å². The molecule has 0 bridgehead atoms. The topological polar surface area (TPSA) is 57.6 Å². The minimum atomic E-state index is -0.0566. The molecule has 2 amide bonds. The van der Waals surface area contributed by atoms with Gasteiger partial charge in [-0.25, -0.2) is 0 Å². The SMILES string of the molecule is CCCC(CCO)CN1C(=O)C2CC(C)CC2C1=O. The first kappa shape index (κ1) is 14.5. The van der Waals surface area contributed by atoms with Crippen LogP contribution in [-0.2, 0) is 9.59 Å². The molecule has 0 aromatic heterocycles. The fourth-order valence-electron chi connectivity index (χ4n) is 3.70. The summed E-state index contributed by atoms with van der Waals surface area (Å²) >= 11 is 0. The van der Waals surface area contributed by atoms with Crippen molar-refractivity contribution in [2.24, 2.45) is 23.7 Å². The summed E-state index contributed by atoms with van der Waals surface area (Å²) in [5, 5.41) is 9.08. The van der Waals surface area contributed by atoms with Crippen molar-refractivity contribution in [3.8, 4) is 0 Å². The van der Waals surface area contributed by atoms with Crippen LogP contribution in [0.4, 0.5) is 0 Å². The maximum Gasteiger partial charge on any atom is 0.233 e. The fourth-order valence-corrected chi connectivity index (χ4v) is 3.70. The molecule has 1 aliphatic heterocycles. The maximum atomic E-state index is 12.3. The normalized spacial score (nSPS) is 31.9. The molecule has 2 rings (SSSR count). The van der Waals surface area contributed by atoms with Crippen LogP contribution in [0.5, 0.6) is 0 Å². The number of fused-ring (bicyclic) bond motifs is 1. The Morgan fingerprint density at radius 2 is 1.79 bits per heavy atom. The van der Waals surface area contributed by atoms with Crippen LogP contribution in [0.25, 0.3) is 0 Å². The second-order valence-corrected chi connectivity index (χ2v) is 6.24. The van der Waals surface area contributed by atoms with E-state index in [0.29, 0.717) is 18.9 Å². The van der Waals surface area contributed by atoms with Crippen LogP contribution in [0.3, 0.4) is 0 Å². The smallest absolute Gasteiger partial charge is 0.233 e. The van der Waals surface area contributed by atoms with Crippen LogP contribution >= 0.6 is 0 Å². The summed E-state index contributed by atoms with van der Waals surface area (Å²) in [5.41, 5.74) is 0. The Morgan fingerprint density at radius 1 is 1.21 bits per heavy atom. The maximum absolute atomic E-state index is 12.3. The molecule has 3 atom stereocenters. The number of aliphatic hydroxyl groups excluding tert-OH is 1. The van der Waals surface area contributed by atoms with Gasteiger partial charge in [-0.3, -0.25) is 14.5 Å². The molecule has 0 aromatic carbocycles. The molecule has 1 saturated heterocycles. The summed E-state index contributed by atoms with van der Waals surface area (Å²) in [5.74, 6) is 0.711. The van der Waals surface area contributed by atoms with Gasteiger partial charge in [0.05, 0.1) is 11.8 Å². The van der Waals surface area contributed by atoms with E-state index in [-0.39, 0.29) is 36.2 Å². The number of nitrogens with zero attached hydrogens (tertiary/aromatic N) is 1. The van der Waals surface area contributed by atoms with Gasteiger partial charge < -0.3 is 5.11 Å². The average molecular weight is 267 g/mol. The lowest BCUT2D eigenvalue weighted by atomic mass is 9.99. The Kier molecular flexibility index (Phi) is 4.61. The van der Waals surface area contributed by atoms with Gasteiger partial charge in [0.1, 0.15) is 0 Å². The quantitative estimate of drug-likeness (QED) is 0.747. The molecule has 4 nitrogen and oxygen atoms in total. The minimum absolute atomic E-state index is 0.0402. The van der Waals surface area contributed by atoms with Crippen molar-refractivity contribution in [1.29, 1.82) is 0 Å². The van der Waals surface area contributed by atoms with Gasteiger partial charge in [0.2, 0.25) is 11.8 Å². The second kappa shape index (κ2) is 6.04. The molecule has 19 heavy (non-hydrogen) atoms. The van der Waals surface area contributed by atoms with Gasteiger partial charge in [-0.15, -0.1) is 0 Å². The number of carbonyl (C=O) groups is 2. The predicted octanol–water partition coefficient (Wildman–Crippen LogP) is 1.82. The Hall–Kier alpha value is -0.900. The van der Waals surface area contributed by atoms with Gasteiger partial charge in [0.25, 0.3) is 0 Å². The first-order valence-electron chi connectivity index (χ1n) is 7.54. The molecule has 1 aliphatic carbocycles. The number of aliphatic hydroxyl groups is 1. The van der Waals surface area contributed by atoms with Gasteiger partial charge in [-0.05, 0) is 37.5 Å². The first-order valence-corrected chi connectivity index (χ1v) is 7.54. The largest absolute Gasteiger partial charge is 0.396 e. The molecule has 0 aromatic rings. The van der Waals surface area contributed by atoms with Crippen molar-refractivity contribution < 1.29 is 14.7 Å². The zero-order chi connectivity index (χ0) is 14.0. The number of hydrogen-bond donors (Lipinski definition) is 1. The van der Waals surface area contributed by atoms with Crippen LogP contribution in [-0.4, -0.2) is 35.0 Å². The zero-order valence-electron chi connectivity index (χ0n) is 12.0. The third-order valence-electron chi connectivity index (χ3n) is 4.64. The van der Waals surface area contributed by atoms with Crippen LogP contribution in [0.1, 0.15) is 46.0 Å². The Labute approximate surface area is 115 Å². The van der Waals surface area contributed by atoms with Gasteiger partial charge in [-0.1, -0.05) is 20.3 Å². The number of imide groups is 1. The summed E-state index contributed by atoms with van der Waals surface area (Å²) < 4.78 is 0. The number of likely N-dealkylation sites (tertiary alicyclic amines) is 1. The number of rotatable bonds is 6. The number of carbonyl (C=O) groups excluding carboxylic acids is 2. The third-order valence-corrected chi connectivity index (χ3v) is 4.64. The highest BCUT2D eigenvalue weighted by atomic mass is 16.3. The van der Waals surface area contributed by atoms with Crippen molar-refractivity contribution in [3.05, 3.63) is 0 Å². The highest BCUT2D eigenvalue weighted by Gasteiger charge is 2.51. The third kappa shape index (κ3) is 2.83. The number of amides is 2. The number of hydrogen-bond acceptors (Lipinski definition) is 3. The molecule has 1 saturated carbocycles. The van der Waals surface area contributed by atoms with Crippen LogP contribution in [0.2, 0.25) is 0 Å². The summed E-state index contributed by atoms with van der Waals surface area (Å²) in [6, 6.07) is 0. The minimum Gasteiger partial charge on any atom is -0.396 e. The Morgan fingerprint density at radius 3 is 2.26 bits per heavy atom. The molecule has 1 heterocycles. The van der Waals surface area contributed by atoms with Crippen molar-refractivity contribution in [1.82, 2.24) is 4.90 Å². The van der Waals surface area contributed by atoms with Crippen molar-refractivity contribution in [2.45, 2.75) is 46.0 Å². The monoisotopic (exact) mass is 267 g/mol. The average Bonchev–Trinajstić information content (AvgIpc) is 2.84. The van der Waals surface area contributed by atoms with Crippen LogP contribution in [0, 0.1) is 23.7 Å². The van der Waals surface area contributed by atoms with E-state index in [1.54, 1.807) is 0 Å². The van der Waals surface area contributed by atoms with Gasteiger partial charge in [-0.2, -0.15) is 0 Å². The summed E-state index contributed by atoms with van der Waals surface area (Å²) in [6.45, 7) is 4.85. The van der Waals surface area contributed by atoms with E-state index in [1.807, 2.05) is 0 Å². The molecule has 4 heteroatoms. The van der Waals surface area contributed by atoms with E-state index in [4.69, 9.17) is 5.11 Å². The summed E-state index contributed by atoms with van der Waals surface area (Å²) in [7, 11) is 0.